The maximum Gasteiger partial charge on any atom is 0.225 e. The van der Waals surface area contributed by atoms with Gasteiger partial charge in [0.05, 0.1) is 0 Å². The topological polar surface area (TPSA) is 46.3 Å². The molecule has 3 nitrogen and oxygen atoms in total. The second-order valence-electron chi connectivity index (χ2n) is 3.74. The smallest absolute Gasteiger partial charge is 0.225 e. The number of hydrogen-bond acceptors (Lipinski definition) is 2. The molecule has 0 saturated heterocycles. The monoisotopic (exact) mass is 186 g/mol. The zero-order chi connectivity index (χ0) is 10.4. The SMILES string of the molecule is CCN(CCN)C(=O)C(C)C(C)C. The van der Waals surface area contributed by atoms with Gasteiger partial charge in [0.15, 0.2) is 0 Å². The number of nitrogens with two attached hydrogens (primary N) is 1. The second kappa shape index (κ2) is 5.97. The van der Waals surface area contributed by atoms with E-state index in [4.69, 9.17) is 5.73 Å². The Kier molecular flexibility index (Phi) is 5.71. The number of rotatable bonds is 5. The van der Waals surface area contributed by atoms with Crippen LogP contribution in [-0.4, -0.2) is 30.4 Å². The molecule has 78 valence electrons. The van der Waals surface area contributed by atoms with Crippen molar-refractivity contribution in [1.29, 1.82) is 0 Å². The normalized spacial score (nSPS) is 13.1. The van der Waals surface area contributed by atoms with Gasteiger partial charge in [0.25, 0.3) is 0 Å². The number of likely N-dealkylation sites (N-methyl/N-ethyl adjacent to an activating group) is 1. The van der Waals surface area contributed by atoms with Crippen molar-refractivity contribution in [2.24, 2.45) is 17.6 Å². The van der Waals surface area contributed by atoms with E-state index in [0.717, 1.165) is 6.54 Å². The first kappa shape index (κ1) is 12.4. The standard InChI is InChI=1S/C10H22N2O/c1-5-12(7-6-11)10(13)9(4)8(2)3/h8-9H,5-7,11H2,1-4H3. The minimum atomic E-state index is 0.103. The molecule has 0 aliphatic rings. The third-order valence-corrected chi connectivity index (χ3v) is 2.48. The van der Waals surface area contributed by atoms with Gasteiger partial charge in [-0.25, -0.2) is 0 Å². The molecule has 0 aromatic heterocycles. The van der Waals surface area contributed by atoms with Gasteiger partial charge in [-0.2, -0.15) is 0 Å². The number of carbonyl (C=O) groups excluding carboxylic acids is 1. The molecule has 0 aliphatic heterocycles. The predicted molar refractivity (Wildman–Crippen MR) is 55.3 cm³/mol. The fourth-order valence-corrected chi connectivity index (χ4v) is 1.15. The maximum atomic E-state index is 11.8. The summed E-state index contributed by atoms with van der Waals surface area (Å²) in [5.41, 5.74) is 5.43. The van der Waals surface area contributed by atoms with E-state index in [9.17, 15) is 4.79 Å². The van der Waals surface area contributed by atoms with Crippen LogP contribution in [0.25, 0.3) is 0 Å². The first-order chi connectivity index (χ1) is 6.04. The molecule has 3 heteroatoms. The summed E-state index contributed by atoms with van der Waals surface area (Å²) in [4.78, 5) is 13.6. The second-order valence-corrected chi connectivity index (χ2v) is 3.74. The van der Waals surface area contributed by atoms with Gasteiger partial charge < -0.3 is 10.6 Å². The first-order valence-electron chi connectivity index (χ1n) is 5.03. The number of hydrogen-bond donors (Lipinski definition) is 1. The largest absolute Gasteiger partial charge is 0.341 e. The number of carbonyl (C=O) groups is 1. The van der Waals surface area contributed by atoms with Crippen LogP contribution in [0.3, 0.4) is 0 Å². The van der Waals surface area contributed by atoms with Crippen LogP contribution in [0.4, 0.5) is 0 Å². The minimum Gasteiger partial charge on any atom is -0.341 e. The minimum absolute atomic E-state index is 0.103. The summed E-state index contributed by atoms with van der Waals surface area (Å²) in [5.74, 6) is 0.730. The molecule has 13 heavy (non-hydrogen) atoms. The van der Waals surface area contributed by atoms with E-state index in [0.29, 0.717) is 19.0 Å². The van der Waals surface area contributed by atoms with Crippen molar-refractivity contribution in [2.45, 2.75) is 27.7 Å². The Morgan fingerprint density at radius 2 is 1.92 bits per heavy atom. The van der Waals surface area contributed by atoms with E-state index in [1.807, 2.05) is 18.7 Å². The average molecular weight is 186 g/mol. The Morgan fingerprint density at radius 1 is 1.38 bits per heavy atom. The van der Waals surface area contributed by atoms with E-state index < -0.39 is 0 Å². The molecule has 0 fully saturated rings. The van der Waals surface area contributed by atoms with Gasteiger partial charge >= 0.3 is 0 Å². The van der Waals surface area contributed by atoms with Crippen molar-refractivity contribution >= 4 is 5.91 Å². The average Bonchev–Trinajstić information content (AvgIpc) is 2.11. The highest BCUT2D eigenvalue weighted by Crippen LogP contribution is 2.12. The summed E-state index contributed by atoms with van der Waals surface area (Å²) < 4.78 is 0. The van der Waals surface area contributed by atoms with Gasteiger partial charge in [0.2, 0.25) is 5.91 Å². The summed E-state index contributed by atoms with van der Waals surface area (Å²) in [7, 11) is 0. The predicted octanol–water partition coefficient (Wildman–Crippen LogP) is 1.09. The van der Waals surface area contributed by atoms with Crippen LogP contribution in [0, 0.1) is 11.8 Å². The third kappa shape index (κ3) is 3.77. The highest BCUT2D eigenvalue weighted by atomic mass is 16.2. The van der Waals surface area contributed by atoms with Crippen molar-refractivity contribution < 1.29 is 4.79 Å². The Bertz CT molecular complexity index is 157. The lowest BCUT2D eigenvalue weighted by Gasteiger charge is -2.25. The molecule has 0 aliphatic carbocycles. The molecule has 2 N–H and O–H groups in total. The molecule has 0 aromatic rings. The summed E-state index contributed by atoms with van der Waals surface area (Å²) in [6.07, 6.45) is 0. The van der Waals surface area contributed by atoms with E-state index >= 15 is 0 Å². The Balaban J connectivity index is 4.19. The lowest BCUT2D eigenvalue weighted by molar-refractivity contribution is -0.136. The molecule has 0 spiro atoms. The van der Waals surface area contributed by atoms with Crippen LogP contribution >= 0.6 is 0 Å². The zero-order valence-corrected chi connectivity index (χ0v) is 9.21. The molecule has 0 saturated carbocycles. The molecule has 1 atom stereocenters. The van der Waals surface area contributed by atoms with Crippen molar-refractivity contribution in [3.8, 4) is 0 Å². The molecular formula is C10H22N2O. The fourth-order valence-electron chi connectivity index (χ4n) is 1.15. The van der Waals surface area contributed by atoms with Gasteiger partial charge in [0, 0.05) is 25.6 Å². The van der Waals surface area contributed by atoms with Crippen LogP contribution in [0.2, 0.25) is 0 Å². The van der Waals surface area contributed by atoms with Crippen molar-refractivity contribution in [2.75, 3.05) is 19.6 Å². The summed E-state index contributed by atoms with van der Waals surface area (Å²) in [5, 5.41) is 0. The summed E-state index contributed by atoms with van der Waals surface area (Å²) in [6.45, 7) is 10.1. The van der Waals surface area contributed by atoms with Crippen LogP contribution in [0.15, 0.2) is 0 Å². The van der Waals surface area contributed by atoms with E-state index in [2.05, 4.69) is 13.8 Å². The van der Waals surface area contributed by atoms with Crippen LogP contribution in [0.5, 0.6) is 0 Å². The van der Waals surface area contributed by atoms with Crippen molar-refractivity contribution in [3.63, 3.8) is 0 Å². The lowest BCUT2D eigenvalue weighted by atomic mass is 9.96. The molecule has 1 amide bonds. The highest BCUT2D eigenvalue weighted by Gasteiger charge is 2.20. The lowest BCUT2D eigenvalue weighted by Crippen LogP contribution is -2.39. The summed E-state index contributed by atoms with van der Waals surface area (Å²) >= 11 is 0. The zero-order valence-electron chi connectivity index (χ0n) is 9.21. The molecule has 1 unspecified atom stereocenters. The van der Waals surface area contributed by atoms with Crippen LogP contribution in [-0.2, 0) is 4.79 Å². The van der Waals surface area contributed by atoms with Gasteiger partial charge in [0.1, 0.15) is 0 Å². The molecule has 0 bridgehead atoms. The van der Waals surface area contributed by atoms with Gasteiger partial charge in [-0.15, -0.1) is 0 Å². The van der Waals surface area contributed by atoms with Crippen LogP contribution in [0.1, 0.15) is 27.7 Å². The molecule has 0 rings (SSSR count). The quantitative estimate of drug-likeness (QED) is 0.698. The van der Waals surface area contributed by atoms with Gasteiger partial charge in [-0.05, 0) is 12.8 Å². The summed E-state index contributed by atoms with van der Waals surface area (Å²) in [6, 6.07) is 0. The number of amides is 1. The molecule has 0 aromatic carbocycles. The first-order valence-corrected chi connectivity index (χ1v) is 5.03. The Labute approximate surface area is 81.3 Å². The number of nitrogens with zero attached hydrogens (tertiary/aromatic N) is 1. The maximum absolute atomic E-state index is 11.8. The molecular weight excluding hydrogens is 164 g/mol. The van der Waals surface area contributed by atoms with Gasteiger partial charge in [-0.1, -0.05) is 20.8 Å². The Hall–Kier alpha value is -0.570. The van der Waals surface area contributed by atoms with Crippen molar-refractivity contribution in [1.82, 2.24) is 4.90 Å². The van der Waals surface area contributed by atoms with Gasteiger partial charge in [-0.3, -0.25) is 4.79 Å². The molecule has 0 radical (unpaired) electrons. The molecule has 0 heterocycles. The highest BCUT2D eigenvalue weighted by molar-refractivity contribution is 5.78. The van der Waals surface area contributed by atoms with Crippen molar-refractivity contribution in [3.05, 3.63) is 0 Å². The third-order valence-electron chi connectivity index (χ3n) is 2.48. The van der Waals surface area contributed by atoms with E-state index in [1.54, 1.807) is 0 Å². The van der Waals surface area contributed by atoms with E-state index in [-0.39, 0.29) is 11.8 Å². The van der Waals surface area contributed by atoms with E-state index in [1.165, 1.54) is 0 Å². The fraction of sp³-hybridized carbons (Fsp3) is 0.900. The Morgan fingerprint density at radius 3 is 2.23 bits per heavy atom. The van der Waals surface area contributed by atoms with Crippen LogP contribution < -0.4 is 5.73 Å².